The zero-order valence-electron chi connectivity index (χ0n) is 16.6. The lowest BCUT2D eigenvalue weighted by molar-refractivity contribution is -0.149. The molecule has 1 aliphatic heterocycles. The van der Waals surface area contributed by atoms with Gasteiger partial charge in [-0.25, -0.2) is 4.79 Å². The van der Waals surface area contributed by atoms with Crippen LogP contribution in [-0.2, 0) is 9.53 Å². The van der Waals surface area contributed by atoms with Gasteiger partial charge in [-0.2, -0.15) is 0 Å². The van der Waals surface area contributed by atoms with Gasteiger partial charge in [-0.05, 0) is 69.4 Å². The van der Waals surface area contributed by atoms with Gasteiger partial charge in [0.2, 0.25) is 0 Å². The molecule has 2 aliphatic rings. The predicted molar refractivity (Wildman–Crippen MR) is 105 cm³/mol. The van der Waals surface area contributed by atoms with Crippen LogP contribution in [0.3, 0.4) is 0 Å². The molecule has 2 amide bonds. The van der Waals surface area contributed by atoms with Crippen molar-refractivity contribution < 1.29 is 14.3 Å². The van der Waals surface area contributed by atoms with Crippen LogP contribution in [0.4, 0.5) is 4.79 Å². The third-order valence-corrected chi connectivity index (χ3v) is 6.07. The molecule has 0 bridgehead atoms. The smallest absolute Gasteiger partial charge is 0.317 e. The Morgan fingerprint density at radius 2 is 1.89 bits per heavy atom. The number of rotatable bonds is 5. The average molecular weight is 373 g/mol. The van der Waals surface area contributed by atoms with Crippen molar-refractivity contribution >= 4 is 12.0 Å². The lowest BCUT2D eigenvalue weighted by Crippen LogP contribution is -2.42. The number of nitrogens with one attached hydrogen (secondary N) is 1. The summed E-state index contributed by atoms with van der Waals surface area (Å²) in [5.41, 5.74) is 2.51. The number of esters is 1. The minimum atomic E-state index is -0.0573. The summed E-state index contributed by atoms with van der Waals surface area (Å²) in [6.07, 6.45) is 5.78. The van der Waals surface area contributed by atoms with E-state index in [4.69, 9.17) is 4.74 Å². The van der Waals surface area contributed by atoms with E-state index in [1.165, 1.54) is 11.1 Å². The first-order chi connectivity index (χ1) is 13.1. The number of nitrogens with zero attached hydrogens (tertiary/aromatic N) is 1. The summed E-state index contributed by atoms with van der Waals surface area (Å²) in [6, 6.07) is 8.59. The van der Waals surface area contributed by atoms with Crippen LogP contribution in [0.1, 0.15) is 62.6 Å². The van der Waals surface area contributed by atoms with E-state index in [1.54, 1.807) is 0 Å². The third kappa shape index (κ3) is 4.82. The molecule has 5 nitrogen and oxygen atoms in total. The number of aryl methyl sites for hydroxylation is 1. The van der Waals surface area contributed by atoms with E-state index >= 15 is 0 Å². The van der Waals surface area contributed by atoms with Gasteiger partial charge in [0, 0.05) is 13.1 Å². The van der Waals surface area contributed by atoms with Crippen LogP contribution in [-0.4, -0.2) is 36.6 Å². The zero-order valence-corrected chi connectivity index (χ0v) is 16.6. The summed E-state index contributed by atoms with van der Waals surface area (Å²) in [5, 5.41) is 3.15. The Labute approximate surface area is 162 Å². The van der Waals surface area contributed by atoms with Gasteiger partial charge in [-0.15, -0.1) is 0 Å². The highest BCUT2D eigenvalue weighted by molar-refractivity contribution is 5.75. The summed E-state index contributed by atoms with van der Waals surface area (Å²) in [4.78, 5) is 26.6. The van der Waals surface area contributed by atoms with Crippen LogP contribution in [0.15, 0.2) is 24.3 Å². The van der Waals surface area contributed by atoms with E-state index in [-0.39, 0.29) is 24.0 Å². The van der Waals surface area contributed by atoms with Crippen molar-refractivity contribution in [3.05, 3.63) is 35.4 Å². The Hall–Kier alpha value is -2.04. The molecule has 1 aromatic carbocycles. The Kier molecular flexibility index (Phi) is 6.75. The largest absolute Gasteiger partial charge is 0.466 e. The molecule has 1 saturated heterocycles. The topological polar surface area (TPSA) is 58.6 Å². The monoisotopic (exact) mass is 372 g/mol. The second-order valence-corrected chi connectivity index (χ2v) is 7.86. The third-order valence-electron chi connectivity index (χ3n) is 6.07. The fourth-order valence-corrected chi connectivity index (χ4v) is 4.49. The van der Waals surface area contributed by atoms with Crippen LogP contribution in [0.5, 0.6) is 0 Å². The van der Waals surface area contributed by atoms with E-state index in [9.17, 15) is 9.59 Å². The van der Waals surface area contributed by atoms with Crippen molar-refractivity contribution in [2.24, 2.45) is 11.8 Å². The zero-order chi connectivity index (χ0) is 19.2. The van der Waals surface area contributed by atoms with Crippen LogP contribution in [0.25, 0.3) is 0 Å². The summed E-state index contributed by atoms with van der Waals surface area (Å²) >= 11 is 0. The SMILES string of the molecule is CCOC(=O)C1CCC(CNC(=O)N2CCC[C@H]2c2ccccc2C)CC1. The minimum Gasteiger partial charge on any atom is -0.466 e. The molecule has 0 aromatic heterocycles. The van der Waals surface area contributed by atoms with Crippen LogP contribution in [0, 0.1) is 18.8 Å². The van der Waals surface area contributed by atoms with Crippen molar-refractivity contribution in [2.75, 3.05) is 19.7 Å². The number of amides is 2. The molecule has 1 atom stereocenters. The van der Waals surface area contributed by atoms with Gasteiger partial charge in [0.15, 0.2) is 0 Å². The molecule has 0 unspecified atom stereocenters. The summed E-state index contributed by atoms with van der Waals surface area (Å²) in [6.45, 7) is 5.94. The van der Waals surface area contributed by atoms with Gasteiger partial charge in [0.25, 0.3) is 0 Å². The van der Waals surface area contributed by atoms with E-state index in [0.29, 0.717) is 19.1 Å². The Bertz CT molecular complexity index is 653. The quantitative estimate of drug-likeness (QED) is 0.788. The van der Waals surface area contributed by atoms with Crippen LogP contribution in [0.2, 0.25) is 0 Å². The number of hydrogen-bond acceptors (Lipinski definition) is 3. The number of likely N-dealkylation sites (tertiary alicyclic amines) is 1. The van der Waals surface area contributed by atoms with Crippen molar-refractivity contribution in [3.63, 3.8) is 0 Å². The lowest BCUT2D eigenvalue weighted by atomic mass is 9.82. The van der Waals surface area contributed by atoms with E-state index in [2.05, 4.69) is 30.4 Å². The first-order valence-electron chi connectivity index (χ1n) is 10.4. The minimum absolute atomic E-state index is 0.0425. The van der Waals surface area contributed by atoms with E-state index < -0.39 is 0 Å². The molecule has 3 rings (SSSR count). The maximum Gasteiger partial charge on any atom is 0.317 e. The molecular weight excluding hydrogens is 340 g/mol. The standard InChI is InChI=1S/C22H32N2O3/c1-3-27-21(25)18-12-10-17(11-13-18)15-23-22(26)24-14-6-9-20(24)19-8-5-4-7-16(19)2/h4-5,7-8,17-18,20H,3,6,9-15H2,1-2H3,(H,23,26)/t17?,18?,20-/m0/s1. The number of carbonyl (C=O) groups excluding carboxylic acids is 2. The highest BCUT2D eigenvalue weighted by atomic mass is 16.5. The maximum absolute atomic E-state index is 12.8. The summed E-state index contributed by atoms with van der Waals surface area (Å²) in [7, 11) is 0. The molecule has 148 valence electrons. The molecule has 27 heavy (non-hydrogen) atoms. The molecule has 1 aromatic rings. The fourth-order valence-electron chi connectivity index (χ4n) is 4.49. The van der Waals surface area contributed by atoms with Gasteiger partial charge in [-0.3, -0.25) is 4.79 Å². The second kappa shape index (κ2) is 9.25. The maximum atomic E-state index is 12.8. The van der Waals surface area contributed by atoms with Gasteiger partial charge in [0.1, 0.15) is 0 Å². The van der Waals surface area contributed by atoms with Gasteiger partial charge < -0.3 is 15.0 Å². The molecular formula is C22H32N2O3. The fraction of sp³-hybridized carbons (Fsp3) is 0.636. The van der Waals surface area contributed by atoms with E-state index in [1.807, 2.05) is 17.9 Å². The molecule has 0 spiro atoms. The number of carbonyl (C=O) groups is 2. The summed E-state index contributed by atoms with van der Waals surface area (Å²) in [5.74, 6) is 0.443. The Morgan fingerprint density at radius 3 is 2.59 bits per heavy atom. The molecule has 5 heteroatoms. The van der Waals surface area contributed by atoms with Crippen molar-refractivity contribution in [2.45, 2.75) is 58.4 Å². The first kappa shape index (κ1) is 19.7. The predicted octanol–water partition coefficient (Wildman–Crippen LogP) is 4.21. The van der Waals surface area contributed by atoms with Crippen molar-refractivity contribution in [3.8, 4) is 0 Å². The highest BCUT2D eigenvalue weighted by Gasteiger charge is 2.32. The number of ether oxygens (including phenoxy) is 1. The van der Waals surface area contributed by atoms with Gasteiger partial charge in [0.05, 0.1) is 18.6 Å². The van der Waals surface area contributed by atoms with Gasteiger partial charge in [-0.1, -0.05) is 24.3 Å². The number of benzene rings is 1. The molecule has 1 aliphatic carbocycles. The highest BCUT2D eigenvalue weighted by Crippen LogP contribution is 2.34. The Morgan fingerprint density at radius 1 is 1.15 bits per heavy atom. The molecule has 2 fully saturated rings. The molecule has 0 radical (unpaired) electrons. The molecule has 1 heterocycles. The lowest BCUT2D eigenvalue weighted by Gasteiger charge is -2.30. The normalized spacial score (nSPS) is 25.3. The number of hydrogen-bond donors (Lipinski definition) is 1. The van der Waals surface area contributed by atoms with E-state index in [0.717, 1.165) is 45.1 Å². The molecule has 1 N–H and O–H groups in total. The number of urea groups is 1. The molecule has 1 saturated carbocycles. The summed E-state index contributed by atoms with van der Waals surface area (Å²) < 4.78 is 5.13. The first-order valence-corrected chi connectivity index (χ1v) is 10.4. The second-order valence-electron chi connectivity index (χ2n) is 7.86. The van der Waals surface area contributed by atoms with Crippen molar-refractivity contribution in [1.82, 2.24) is 10.2 Å². The Balaban J connectivity index is 1.48. The van der Waals surface area contributed by atoms with Crippen molar-refractivity contribution in [1.29, 1.82) is 0 Å². The van der Waals surface area contributed by atoms with Crippen LogP contribution >= 0.6 is 0 Å². The average Bonchev–Trinajstić information content (AvgIpc) is 3.17. The van der Waals surface area contributed by atoms with Crippen LogP contribution < -0.4 is 5.32 Å². The van der Waals surface area contributed by atoms with Gasteiger partial charge >= 0.3 is 12.0 Å².